The molecule has 0 saturated carbocycles. The van der Waals surface area contributed by atoms with E-state index in [1.54, 1.807) is 29.2 Å². The van der Waals surface area contributed by atoms with E-state index in [1.165, 1.54) is 17.6 Å². The minimum atomic E-state index is -0.345. The quantitative estimate of drug-likeness (QED) is 0.689. The average molecular weight is 372 g/mol. The molecule has 6 nitrogen and oxygen atoms in total. The lowest BCUT2D eigenvalue weighted by Gasteiger charge is -2.25. The molecule has 0 radical (unpaired) electrons. The second-order valence-electron chi connectivity index (χ2n) is 6.13. The number of carbonyl (C=O) groups excluding carboxylic acids is 2. The minimum absolute atomic E-state index is 0.0103. The van der Waals surface area contributed by atoms with Crippen LogP contribution in [0.3, 0.4) is 0 Å². The summed E-state index contributed by atoms with van der Waals surface area (Å²) in [5, 5.41) is 3.33. The molecule has 0 unspecified atom stereocenters. The molecule has 0 bridgehead atoms. The highest BCUT2D eigenvalue weighted by Gasteiger charge is 2.22. The van der Waals surface area contributed by atoms with Crippen molar-refractivity contribution in [3.8, 4) is 0 Å². The highest BCUT2D eigenvalue weighted by molar-refractivity contribution is 7.18. The molecule has 3 heterocycles. The van der Waals surface area contributed by atoms with Gasteiger partial charge in [-0.2, -0.15) is 0 Å². The van der Waals surface area contributed by atoms with Crippen LogP contribution in [0, 0.1) is 6.92 Å². The Morgan fingerprint density at radius 3 is 2.62 bits per heavy atom. The van der Waals surface area contributed by atoms with Crippen molar-refractivity contribution in [2.24, 2.45) is 0 Å². The van der Waals surface area contributed by atoms with E-state index in [2.05, 4.69) is 5.32 Å². The van der Waals surface area contributed by atoms with Gasteiger partial charge in [0, 0.05) is 6.04 Å². The van der Waals surface area contributed by atoms with Gasteiger partial charge in [0.05, 0.1) is 22.7 Å². The largest absolute Gasteiger partial charge is 0.464 e. The minimum Gasteiger partial charge on any atom is -0.464 e. The molecule has 136 valence electrons. The number of anilines is 1. The SMILES string of the molecule is Cc1ccc(CN(C(=O)c2ccc(NC(=O)c3ccco3)s2)C(C)C)o1. The van der Waals surface area contributed by atoms with E-state index < -0.39 is 0 Å². The first-order valence-corrected chi connectivity index (χ1v) is 9.06. The van der Waals surface area contributed by atoms with Gasteiger partial charge in [-0.15, -0.1) is 11.3 Å². The van der Waals surface area contributed by atoms with E-state index in [0.29, 0.717) is 16.4 Å². The fourth-order valence-corrected chi connectivity index (χ4v) is 3.33. The van der Waals surface area contributed by atoms with Crippen LogP contribution in [0.1, 0.15) is 45.6 Å². The molecule has 0 spiro atoms. The topological polar surface area (TPSA) is 75.7 Å². The number of amides is 2. The summed E-state index contributed by atoms with van der Waals surface area (Å²) in [6, 6.07) is 10.4. The van der Waals surface area contributed by atoms with Crippen molar-refractivity contribution in [3.63, 3.8) is 0 Å². The maximum absolute atomic E-state index is 12.9. The van der Waals surface area contributed by atoms with Gasteiger partial charge in [-0.1, -0.05) is 0 Å². The predicted octanol–water partition coefficient (Wildman–Crippen LogP) is 4.55. The van der Waals surface area contributed by atoms with Crippen LogP contribution < -0.4 is 5.32 Å². The molecule has 0 aliphatic carbocycles. The molecule has 0 aromatic carbocycles. The zero-order valence-corrected chi connectivity index (χ0v) is 15.6. The Balaban J connectivity index is 1.71. The summed E-state index contributed by atoms with van der Waals surface area (Å²) in [6.07, 6.45) is 1.44. The van der Waals surface area contributed by atoms with E-state index in [-0.39, 0.29) is 23.6 Å². The van der Waals surface area contributed by atoms with Crippen LogP contribution in [-0.2, 0) is 6.54 Å². The monoisotopic (exact) mass is 372 g/mol. The van der Waals surface area contributed by atoms with E-state index in [0.717, 1.165) is 11.5 Å². The van der Waals surface area contributed by atoms with Crippen LogP contribution in [0.5, 0.6) is 0 Å². The summed E-state index contributed by atoms with van der Waals surface area (Å²) in [6.45, 7) is 6.19. The van der Waals surface area contributed by atoms with Gasteiger partial charge in [0.2, 0.25) is 0 Å². The molecule has 1 N–H and O–H groups in total. The Bertz CT molecular complexity index is 892. The molecular weight excluding hydrogens is 352 g/mol. The zero-order chi connectivity index (χ0) is 18.7. The van der Waals surface area contributed by atoms with Crippen LogP contribution in [0.25, 0.3) is 0 Å². The zero-order valence-electron chi connectivity index (χ0n) is 14.8. The van der Waals surface area contributed by atoms with E-state index in [1.807, 2.05) is 32.9 Å². The van der Waals surface area contributed by atoms with Crippen molar-refractivity contribution < 1.29 is 18.4 Å². The van der Waals surface area contributed by atoms with Crippen LogP contribution in [0.15, 0.2) is 51.5 Å². The van der Waals surface area contributed by atoms with Crippen molar-refractivity contribution in [3.05, 3.63) is 64.8 Å². The van der Waals surface area contributed by atoms with Gasteiger partial charge in [-0.25, -0.2) is 0 Å². The maximum atomic E-state index is 12.9. The van der Waals surface area contributed by atoms with Crippen LogP contribution >= 0.6 is 11.3 Å². The van der Waals surface area contributed by atoms with E-state index in [9.17, 15) is 9.59 Å². The number of carbonyl (C=O) groups is 2. The van der Waals surface area contributed by atoms with Gasteiger partial charge in [0.25, 0.3) is 11.8 Å². The number of furan rings is 2. The highest BCUT2D eigenvalue weighted by atomic mass is 32.1. The Morgan fingerprint density at radius 2 is 2.00 bits per heavy atom. The molecule has 0 saturated heterocycles. The standard InChI is InChI=1S/C19H20N2O4S/c1-12(2)21(11-14-7-6-13(3)25-14)19(23)16-8-9-17(26-16)20-18(22)15-5-4-10-24-15/h4-10,12H,11H2,1-3H3,(H,20,22). The summed E-state index contributed by atoms with van der Waals surface area (Å²) in [4.78, 5) is 27.2. The van der Waals surface area contributed by atoms with Crippen molar-refractivity contribution in [2.45, 2.75) is 33.4 Å². The highest BCUT2D eigenvalue weighted by Crippen LogP contribution is 2.25. The molecule has 0 aliphatic heterocycles. The van der Waals surface area contributed by atoms with Gasteiger partial charge < -0.3 is 19.1 Å². The van der Waals surface area contributed by atoms with Crippen LogP contribution in [0.4, 0.5) is 5.00 Å². The van der Waals surface area contributed by atoms with Gasteiger partial charge in [-0.3, -0.25) is 9.59 Å². The third-order valence-corrected chi connectivity index (χ3v) is 4.79. The lowest BCUT2D eigenvalue weighted by atomic mass is 10.2. The van der Waals surface area contributed by atoms with Crippen LogP contribution in [-0.4, -0.2) is 22.8 Å². The van der Waals surface area contributed by atoms with Crippen molar-refractivity contribution >= 4 is 28.2 Å². The Labute approximate surface area is 155 Å². The maximum Gasteiger partial charge on any atom is 0.291 e. The number of aryl methyl sites for hydroxylation is 1. The molecule has 0 atom stereocenters. The summed E-state index contributed by atoms with van der Waals surface area (Å²) >= 11 is 1.23. The number of nitrogens with zero attached hydrogens (tertiary/aromatic N) is 1. The molecule has 0 fully saturated rings. The molecule has 0 aliphatic rings. The van der Waals surface area contributed by atoms with Gasteiger partial charge >= 0.3 is 0 Å². The summed E-state index contributed by atoms with van der Waals surface area (Å²) < 4.78 is 10.7. The van der Waals surface area contributed by atoms with E-state index in [4.69, 9.17) is 8.83 Å². The molecule has 26 heavy (non-hydrogen) atoms. The summed E-state index contributed by atoms with van der Waals surface area (Å²) in [5.41, 5.74) is 0. The van der Waals surface area contributed by atoms with Crippen molar-refractivity contribution in [1.29, 1.82) is 0 Å². The van der Waals surface area contributed by atoms with E-state index >= 15 is 0 Å². The third-order valence-electron chi connectivity index (χ3n) is 3.80. The first kappa shape index (κ1) is 18.0. The van der Waals surface area contributed by atoms with Gasteiger partial charge in [-0.05, 0) is 57.2 Å². The summed E-state index contributed by atoms with van der Waals surface area (Å²) in [7, 11) is 0. The molecule has 3 aromatic rings. The number of thiophene rings is 1. The van der Waals surface area contributed by atoms with Gasteiger partial charge in [0.1, 0.15) is 11.5 Å². The summed E-state index contributed by atoms with van der Waals surface area (Å²) in [5.74, 6) is 1.34. The smallest absolute Gasteiger partial charge is 0.291 e. The second-order valence-corrected chi connectivity index (χ2v) is 7.22. The first-order valence-electron chi connectivity index (χ1n) is 8.25. The van der Waals surface area contributed by atoms with Crippen LogP contribution in [0.2, 0.25) is 0 Å². The fourth-order valence-electron chi connectivity index (χ4n) is 2.47. The molecule has 3 aromatic heterocycles. The average Bonchev–Trinajstić information content (AvgIpc) is 3.33. The molecular formula is C19H20N2O4S. The van der Waals surface area contributed by atoms with Gasteiger partial charge in [0.15, 0.2) is 5.76 Å². The number of hydrogen-bond donors (Lipinski definition) is 1. The number of nitrogens with one attached hydrogen (secondary N) is 1. The third kappa shape index (κ3) is 4.05. The normalized spacial score (nSPS) is 10.9. The lowest BCUT2D eigenvalue weighted by Crippen LogP contribution is -2.35. The lowest BCUT2D eigenvalue weighted by molar-refractivity contribution is 0.0680. The van der Waals surface area contributed by atoms with Crippen molar-refractivity contribution in [1.82, 2.24) is 4.90 Å². The Hall–Kier alpha value is -2.80. The molecule has 2 amide bonds. The fraction of sp³-hybridized carbons (Fsp3) is 0.263. The number of hydrogen-bond acceptors (Lipinski definition) is 5. The molecule has 3 rings (SSSR count). The predicted molar refractivity (Wildman–Crippen MR) is 99.4 cm³/mol. The second kappa shape index (κ2) is 7.61. The Morgan fingerprint density at radius 1 is 1.19 bits per heavy atom. The van der Waals surface area contributed by atoms with Crippen molar-refractivity contribution in [2.75, 3.05) is 5.32 Å². The first-order chi connectivity index (χ1) is 12.4. The molecule has 7 heteroatoms. The Kier molecular flexibility index (Phi) is 5.27. The number of rotatable bonds is 6.